The maximum atomic E-state index is 11.9. The zero-order valence-corrected chi connectivity index (χ0v) is 18.8. The largest absolute Gasteiger partial charge is 0.507 e. The Labute approximate surface area is 188 Å². The number of aryl methyl sites for hydroxylation is 1. The second-order valence-corrected chi connectivity index (χ2v) is 8.70. The highest BCUT2D eigenvalue weighted by molar-refractivity contribution is 5.92. The van der Waals surface area contributed by atoms with Crippen LogP contribution in [-0.4, -0.2) is 46.9 Å². The lowest BCUT2D eigenvalue weighted by atomic mass is 9.97. The Morgan fingerprint density at radius 3 is 2.84 bits per heavy atom. The van der Waals surface area contributed by atoms with Gasteiger partial charge in [-0.3, -0.25) is 0 Å². The van der Waals surface area contributed by atoms with E-state index in [1.54, 1.807) is 12.1 Å². The topological polar surface area (TPSA) is 87.6 Å². The van der Waals surface area contributed by atoms with Gasteiger partial charge in [-0.25, -0.2) is 14.8 Å². The molecule has 0 aliphatic carbocycles. The number of ether oxygens (including phenoxy) is 1. The van der Waals surface area contributed by atoms with E-state index in [0.717, 1.165) is 48.2 Å². The Hall–Kier alpha value is -3.35. The zero-order chi connectivity index (χ0) is 22.7. The molecule has 1 aromatic heterocycles. The number of anilines is 1. The highest BCUT2D eigenvalue weighted by Crippen LogP contribution is 2.33. The summed E-state index contributed by atoms with van der Waals surface area (Å²) in [7, 11) is 0. The van der Waals surface area contributed by atoms with E-state index in [0.29, 0.717) is 23.9 Å². The normalized spacial score (nSPS) is 16.4. The summed E-state index contributed by atoms with van der Waals surface area (Å²) in [5.74, 6) is 1.84. The van der Waals surface area contributed by atoms with Crippen LogP contribution in [0, 0.1) is 12.8 Å². The van der Waals surface area contributed by atoms with Crippen molar-refractivity contribution < 1.29 is 14.6 Å². The predicted molar refractivity (Wildman–Crippen MR) is 126 cm³/mol. The molecular weight excluding hydrogens is 404 g/mol. The van der Waals surface area contributed by atoms with E-state index in [1.807, 2.05) is 32.9 Å². The number of hydrogen-bond donors (Lipinski definition) is 2. The van der Waals surface area contributed by atoms with Crippen molar-refractivity contribution in [1.29, 1.82) is 0 Å². The van der Waals surface area contributed by atoms with Crippen LogP contribution < -0.4 is 10.2 Å². The van der Waals surface area contributed by atoms with Gasteiger partial charge >= 0.3 is 6.09 Å². The maximum Gasteiger partial charge on any atom is 0.407 e. The van der Waals surface area contributed by atoms with Crippen LogP contribution in [0.5, 0.6) is 5.75 Å². The molecule has 1 unspecified atom stereocenters. The molecule has 1 aliphatic rings. The SMILES string of the molecule is Cc1ccc2c(N3CCCC(CNC(=O)OC(C)C)C3)nc(-c3ccccc3O)nc2c1. The number of phenols is 1. The number of alkyl carbamates (subject to hydrolysis) is 1. The summed E-state index contributed by atoms with van der Waals surface area (Å²) in [6, 6.07) is 13.3. The molecular formula is C25H30N4O3. The smallest absolute Gasteiger partial charge is 0.407 e. The molecule has 2 N–H and O–H groups in total. The molecule has 7 nitrogen and oxygen atoms in total. The number of amides is 1. The number of para-hydroxylation sites is 1. The third-order valence-electron chi connectivity index (χ3n) is 5.67. The summed E-state index contributed by atoms with van der Waals surface area (Å²) in [5, 5.41) is 14.3. The summed E-state index contributed by atoms with van der Waals surface area (Å²) in [4.78, 5) is 23.8. The third kappa shape index (κ3) is 4.93. The highest BCUT2D eigenvalue weighted by Gasteiger charge is 2.24. The van der Waals surface area contributed by atoms with Gasteiger partial charge in [0.15, 0.2) is 5.82 Å². The number of nitrogens with zero attached hydrogens (tertiary/aromatic N) is 3. The molecule has 0 bridgehead atoms. The van der Waals surface area contributed by atoms with Crippen LogP contribution in [0.4, 0.5) is 10.6 Å². The standard InChI is InChI=1S/C25H30N4O3/c1-16(2)32-25(31)26-14-18-7-6-12-29(15-18)24-19-11-10-17(3)13-21(19)27-23(28-24)20-8-4-5-9-22(20)30/h4-5,8-11,13,16,18,30H,6-7,12,14-15H2,1-3H3,(H,26,31). The molecule has 32 heavy (non-hydrogen) atoms. The van der Waals surface area contributed by atoms with Gasteiger partial charge in [0, 0.05) is 25.0 Å². The first-order valence-electron chi connectivity index (χ1n) is 11.2. The molecule has 2 aromatic carbocycles. The Morgan fingerprint density at radius 1 is 1.25 bits per heavy atom. The quantitative estimate of drug-likeness (QED) is 0.607. The molecule has 1 atom stereocenters. The minimum absolute atomic E-state index is 0.137. The summed E-state index contributed by atoms with van der Waals surface area (Å²) in [6.07, 6.45) is 1.53. The van der Waals surface area contributed by atoms with Gasteiger partial charge in [0.2, 0.25) is 0 Å². The molecule has 0 radical (unpaired) electrons. The van der Waals surface area contributed by atoms with E-state index in [-0.39, 0.29) is 17.9 Å². The van der Waals surface area contributed by atoms with E-state index < -0.39 is 0 Å². The first kappa shape index (κ1) is 21.9. The number of fused-ring (bicyclic) bond motifs is 1. The lowest BCUT2D eigenvalue weighted by Crippen LogP contribution is -2.41. The van der Waals surface area contributed by atoms with Crippen molar-refractivity contribution in [3.63, 3.8) is 0 Å². The summed E-state index contributed by atoms with van der Waals surface area (Å²) < 4.78 is 5.19. The molecule has 168 valence electrons. The Morgan fingerprint density at radius 2 is 2.06 bits per heavy atom. The minimum Gasteiger partial charge on any atom is -0.507 e. The number of aromatic hydroxyl groups is 1. The van der Waals surface area contributed by atoms with Gasteiger partial charge in [-0.05, 0) is 69.4 Å². The van der Waals surface area contributed by atoms with Crippen LogP contribution in [0.15, 0.2) is 42.5 Å². The average Bonchev–Trinajstić information content (AvgIpc) is 2.77. The van der Waals surface area contributed by atoms with E-state index in [2.05, 4.69) is 28.4 Å². The van der Waals surface area contributed by atoms with Gasteiger partial charge in [-0.2, -0.15) is 0 Å². The fraction of sp³-hybridized carbons (Fsp3) is 0.400. The van der Waals surface area contributed by atoms with Crippen LogP contribution in [-0.2, 0) is 4.74 Å². The summed E-state index contributed by atoms with van der Waals surface area (Å²) >= 11 is 0. The van der Waals surface area contributed by atoms with Crippen molar-refractivity contribution in [2.24, 2.45) is 5.92 Å². The number of carbonyl (C=O) groups excluding carboxylic acids is 1. The van der Waals surface area contributed by atoms with Gasteiger partial charge in [0.25, 0.3) is 0 Å². The van der Waals surface area contributed by atoms with Crippen LogP contribution in [0.2, 0.25) is 0 Å². The molecule has 4 rings (SSSR count). The second-order valence-electron chi connectivity index (χ2n) is 8.70. The molecule has 1 amide bonds. The van der Waals surface area contributed by atoms with Crippen molar-refractivity contribution in [1.82, 2.24) is 15.3 Å². The van der Waals surface area contributed by atoms with E-state index in [1.165, 1.54) is 0 Å². The Balaban J connectivity index is 1.64. The number of carbonyl (C=O) groups is 1. The number of phenolic OH excluding ortho intramolecular Hbond substituents is 1. The first-order valence-corrected chi connectivity index (χ1v) is 11.2. The van der Waals surface area contributed by atoms with Crippen molar-refractivity contribution in [3.05, 3.63) is 48.0 Å². The molecule has 0 spiro atoms. The maximum absolute atomic E-state index is 11.9. The fourth-order valence-corrected chi connectivity index (χ4v) is 4.15. The molecule has 1 saturated heterocycles. The second kappa shape index (κ2) is 9.42. The summed E-state index contributed by atoms with van der Waals surface area (Å²) in [6.45, 7) is 7.95. The number of nitrogens with one attached hydrogen (secondary N) is 1. The van der Waals surface area contributed by atoms with E-state index in [9.17, 15) is 9.90 Å². The lowest BCUT2D eigenvalue weighted by Gasteiger charge is -2.34. The molecule has 7 heteroatoms. The highest BCUT2D eigenvalue weighted by atomic mass is 16.6. The average molecular weight is 435 g/mol. The van der Waals surface area contributed by atoms with Gasteiger partial charge in [-0.15, -0.1) is 0 Å². The number of piperidine rings is 1. The Kier molecular flexibility index (Phi) is 6.44. The third-order valence-corrected chi connectivity index (χ3v) is 5.67. The van der Waals surface area contributed by atoms with Crippen LogP contribution >= 0.6 is 0 Å². The van der Waals surface area contributed by atoms with Crippen LogP contribution in [0.1, 0.15) is 32.3 Å². The van der Waals surface area contributed by atoms with Crippen molar-refractivity contribution in [3.8, 4) is 17.1 Å². The predicted octanol–water partition coefficient (Wildman–Crippen LogP) is 4.66. The number of rotatable bonds is 5. The Bertz CT molecular complexity index is 1120. The zero-order valence-electron chi connectivity index (χ0n) is 18.8. The molecule has 3 aromatic rings. The first-order chi connectivity index (χ1) is 15.4. The van der Waals surface area contributed by atoms with Crippen molar-refractivity contribution in [2.75, 3.05) is 24.5 Å². The van der Waals surface area contributed by atoms with Gasteiger partial charge in [0.05, 0.1) is 17.2 Å². The van der Waals surface area contributed by atoms with E-state index >= 15 is 0 Å². The number of aromatic nitrogens is 2. The fourth-order valence-electron chi connectivity index (χ4n) is 4.15. The molecule has 0 saturated carbocycles. The van der Waals surface area contributed by atoms with Crippen molar-refractivity contribution >= 4 is 22.8 Å². The molecule has 2 heterocycles. The van der Waals surface area contributed by atoms with Gasteiger partial charge in [-0.1, -0.05) is 18.2 Å². The van der Waals surface area contributed by atoms with Gasteiger partial charge in [0.1, 0.15) is 11.6 Å². The molecule has 1 fully saturated rings. The summed E-state index contributed by atoms with van der Waals surface area (Å²) in [5.41, 5.74) is 2.59. The van der Waals surface area contributed by atoms with Crippen LogP contribution in [0.3, 0.4) is 0 Å². The van der Waals surface area contributed by atoms with Crippen molar-refractivity contribution in [2.45, 2.75) is 39.7 Å². The minimum atomic E-state index is -0.373. The van der Waals surface area contributed by atoms with Crippen LogP contribution in [0.25, 0.3) is 22.3 Å². The number of hydrogen-bond acceptors (Lipinski definition) is 6. The monoisotopic (exact) mass is 434 g/mol. The van der Waals surface area contributed by atoms with E-state index in [4.69, 9.17) is 14.7 Å². The lowest BCUT2D eigenvalue weighted by molar-refractivity contribution is 0.114. The number of benzene rings is 2. The van der Waals surface area contributed by atoms with Gasteiger partial charge < -0.3 is 20.1 Å². The molecule has 1 aliphatic heterocycles.